The van der Waals surface area contributed by atoms with E-state index in [0.717, 1.165) is 16.9 Å². The smallest absolute Gasteiger partial charge is 0.360 e. The van der Waals surface area contributed by atoms with Crippen LogP contribution >= 0.6 is 0 Å². The molecule has 2 aromatic rings. The van der Waals surface area contributed by atoms with Crippen LogP contribution in [0.3, 0.4) is 0 Å². The highest BCUT2D eigenvalue weighted by Gasteiger charge is 2.13. The highest BCUT2D eigenvalue weighted by Crippen LogP contribution is 2.22. The summed E-state index contributed by atoms with van der Waals surface area (Å²) in [5.74, 6) is 0.261. The van der Waals surface area contributed by atoms with Crippen LogP contribution in [-0.4, -0.2) is 29.2 Å². The molecule has 0 saturated heterocycles. The molecule has 0 atom stereocenters. The number of aromatic nitrogens is 2. The van der Waals surface area contributed by atoms with E-state index in [2.05, 4.69) is 9.97 Å². The molecule has 0 spiro atoms. The molecular formula is C15H17N3O3. The Hall–Kier alpha value is -2.63. The van der Waals surface area contributed by atoms with Gasteiger partial charge in [-0.1, -0.05) is 18.2 Å². The number of rotatable bonds is 5. The van der Waals surface area contributed by atoms with Crippen LogP contribution in [0.2, 0.25) is 0 Å². The minimum Gasteiger partial charge on any atom is -0.489 e. The summed E-state index contributed by atoms with van der Waals surface area (Å²) in [7, 11) is 0. The zero-order valence-corrected chi connectivity index (χ0v) is 12.0. The molecule has 1 aromatic carbocycles. The lowest BCUT2D eigenvalue weighted by atomic mass is 10.1. The monoisotopic (exact) mass is 287 g/mol. The minimum atomic E-state index is -0.606. The van der Waals surface area contributed by atoms with Crippen molar-refractivity contribution in [2.24, 2.45) is 0 Å². The number of carbonyl (C=O) groups is 1. The number of carbonyl (C=O) groups excluding carboxylic acids is 1. The summed E-state index contributed by atoms with van der Waals surface area (Å²) in [6.45, 7) is 4.31. The first-order valence-corrected chi connectivity index (χ1v) is 6.52. The molecule has 6 heteroatoms. The van der Waals surface area contributed by atoms with E-state index in [4.69, 9.17) is 15.2 Å². The van der Waals surface area contributed by atoms with Gasteiger partial charge in [0.25, 0.3) is 0 Å². The first-order valence-electron chi connectivity index (χ1n) is 6.52. The Bertz CT molecular complexity index is 624. The molecule has 0 aliphatic rings. The van der Waals surface area contributed by atoms with E-state index in [1.807, 2.05) is 32.0 Å². The third kappa shape index (κ3) is 3.68. The predicted molar refractivity (Wildman–Crippen MR) is 78.1 cm³/mol. The summed E-state index contributed by atoms with van der Waals surface area (Å²) >= 11 is 0. The molecule has 0 aliphatic heterocycles. The average molecular weight is 287 g/mol. The van der Waals surface area contributed by atoms with Crippen molar-refractivity contribution >= 4 is 11.8 Å². The maximum atomic E-state index is 11.8. The van der Waals surface area contributed by atoms with Crippen LogP contribution in [0.25, 0.3) is 0 Å². The number of aryl methyl sites for hydroxylation is 2. The molecule has 0 saturated carbocycles. The number of nitrogens with zero attached hydrogens (tertiary/aromatic N) is 2. The quantitative estimate of drug-likeness (QED) is 0.667. The van der Waals surface area contributed by atoms with E-state index < -0.39 is 5.97 Å². The first-order chi connectivity index (χ1) is 10.1. The van der Waals surface area contributed by atoms with Crippen molar-refractivity contribution in [2.75, 3.05) is 18.9 Å². The van der Waals surface area contributed by atoms with Crippen molar-refractivity contribution in [3.63, 3.8) is 0 Å². The molecule has 1 heterocycles. The van der Waals surface area contributed by atoms with E-state index in [1.54, 1.807) is 0 Å². The lowest BCUT2D eigenvalue weighted by Crippen LogP contribution is -2.16. The molecule has 0 aliphatic carbocycles. The second-order valence-corrected chi connectivity index (χ2v) is 4.50. The minimum absolute atomic E-state index is 0.0181. The van der Waals surface area contributed by atoms with E-state index in [1.165, 1.54) is 12.4 Å². The number of esters is 1. The van der Waals surface area contributed by atoms with Crippen LogP contribution in [0, 0.1) is 13.8 Å². The SMILES string of the molecule is Cc1cccc(C)c1OCCOC(=O)c1nccnc1N. The largest absolute Gasteiger partial charge is 0.489 e. The average Bonchev–Trinajstić information content (AvgIpc) is 2.46. The van der Waals surface area contributed by atoms with Gasteiger partial charge >= 0.3 is 5.97 Å². The molecule has 0 bridgehead atoms. The van der Waals surface area contributed by atoms with Gasteiger partial charge in [-0.25, -0.2) is 14.8 Å². The Labute approximate surface area is 122 Å². The fourth-order valence-corrected chi connectivity index (χ4v) is 1.88. The van der Waals surface area contributed by atoms with Crippen LogP contribution < -0.4 is 10.5 Å². The highest BCUT2D eigenvalue weighted by molar-refractivity contribution is 5.91. The number of anilines is 1. The Morgan fingerprint density at radius 3 is 2.48 bits per heavy atom. The highest BCUT2D eigenvalue weighted by atomic mass is 16.6. The fourth-order valence-electron chi connectivity index (χ4n) is 1.88. The molecule has 0 amide bonds. The van der Waals surface area contributed by atoms with Gasteiger partial charge < -0.3 is 15.2 Å². The maximum absolute atomic E-state index is 11.8. The third-order valence-corrected chi connectivity index (χ3v) is 2.89. The molecular weight excluding hydrogens is 270 g/mol. The van der Waals surface area contributed by atoms with Crippen LogP contribution in [0.1, 0.15) is 21.6 Å². The Morgan fingerprint density at radius 1 is 1.14 bits per heavy atom. The van der Waals surface area contributed by atoms with Gasteiger partial charge in [0, 0.05) is 12.4 Å². The van der Waals surface area contributed by atoms with Crippen molar-refractivity contribution in [1.82, 2.24) is 9.97 Å². The summed E-state index contributed by atoms with van der Waals surface area (Å²) in [6.07, 6.45) is 2.80. The number of nitrogens with two attached hydrogens (primary N) is 1. The molecule has 1 aromatic heterocycles. The lowest BCUT2D eigenvalue weighted by Gasteiger charge is -2.12. The number of ether oxygens (including phenoxy) is 2. The standard InChI is InChI=1S/C15H17N3O3/c1-10-4-3-5-11(2)13(10)20-8-9-21-15(19)12-14(16)18-7-6-17-12/h3-7H,8-9H2,1-2H3,(H2,16,18). The number of para-hydroxylation sites is 1. The second-order valence-electron chi connectivity index (χ2n) is 4.50. The first kappa shape index (κ1) is 14.8. The van der Waals surface area contributed by atoms with E-state index in [-0.39, 0.29) is 24.7 Å². The fraction of sp³-hybridized carbons (Fsp3) is 0.267. The van der Waals surface area contributed by atoms with Crippen LogP contribution in [0.15, 0.2) is 30.6 Å². The Balaban J connectivity index is 1.85. The number of nitrogen functional groups attached to an aromatic ring is 1. The zero-order valence-electron chi connectivity index (χ0n) is 12.0. The number of hydrogen-bond donors (Lipinski definition) is 1. The van der Waals surface area contributed by atoms with Gasteiger partial charge in [0.1, 0.15) is 19.0 Å². The van der Waals surface area contributed by atoms with Gasteiger partial charge in [-0.15, -0.1) is 0 Å². The molecule has 110 valence electrons. The molecule has 21 heavy (non-hydrogen) atoms. The maximum Gasteiger partial charge on any atom is 0.360 e. The molecule has 0 fully saturated rings. The van der Waals surface area contributed by atoms with Crippen molar-refractivity contribution in [1.29, 1.82) is 0 Å². The third-order valence-electron chi connectivity index (χ3n) is 2.89. The summed E-state index contributed by atoms with van der Waals surface area (Å²) in [5, 5.41) is 0. The zero-order chi connectivity index (χ0) is 15.2. The Morgan fingerprint density at radius 2 is 1.81 bits per heavy atom. The molecule has 6 nitrogen and oxygen atoms in total. The molecule has 0 radical (unpaired) electrons. The van der Waals surface area contributed by atoms with Gasteiger partial charge in [0.2, 0.25) is 0 Å². The summed E-state index contributed by atoms with van der Waals surface area (Å²) in [6, 6.07) is 5.90. The normalized spacial score (nSPS) is 10.2. The Kier molecular flexibility index (Phi) is 4.71. The number of benzene rings is 1. The summed E-state index contributed by atoms with van der Waals surface area (Å²) < 4.78 is 10.7. The molecule has 2 N–H and O–H groups in total. The number of hydrogen-bond acceptors (Lipinski definition) is 6. The predicted octanol–water partition coefficient (Wildman–Crippen LogP) is 1.91. The van der Waals surface area contributed by atoms with Crippen LogP contribution in [-0.2, 0) is 4.74 Å². The molecule has 2 rings (SSSR count). The van der Waals surface area contributed by atoms with Gasteiger partial charge in [0.05, 0.1) is 0 Å². The van der Waals surface area contributed by atoms with E-state index >= 15 is 0 Å². The van der Waals surface area contributed by atoms with Gasteiger partial charge in [-0.3, -0.25) is 0 Å². The van der Waals surface area contributed by atoms with E-state index in [9.17, 15) is 4.79 Å². The topological polar surface area (TPSA) is 87.3 Å². The van der Waals surface area contributed by atoms with Gasteiger partial charge in [-0.05, 0) is 25.0 Å². The lowest BCUT2D eigenvalue weighted by molar-refractivity contribution is 0.0444. The van der Waals surface area contributed by atoms with Crippen molar-refractivity contribution in [3.8, 4) is 5.75 Å². The van der Waals surface area contributed by atoms with Gasteiger partial charge in [0.15, 0.2) is 11.5 Å². The molecule has 0 unspecified atom stereocenters. The second kappa shape index (κ2) is 6.69. The van der Waals surface area contributed by atoms with Crippen molar-refractivity contribution in [3.05, 3.63) is 47.4 Å². The van der Waals surface area contributed by atoms with Gasteiger partial charge in [-0.2, -0.15) is 0 Å². The van der Waals surface area contributed by atoms with Crippen molar-refractivity contribution in [2.45, 2.75) is 13.8 Å². The van der Waals surface area contributed by atoms with Crippen LogP contribution in [0.4, 0.5) is 5.82 Å². The van der Waals surface area contributed by atoms with E-state index in [0.29, 0.717) is 0 Å². The summed E-state index contributed by atoms with van der Waals surface area (Å²) in [4.78, 5) is 19.4. The summed E-state index contributed by atoms with van der Waals surface area (Å²) in [5.41, 5.74) is 7.65. The van der Waals surface area contributed by atoms with Crippen molar-refractivity contribution < 1.29 is 14.3 Å². The van der Waals surface area contributed by atoms with Crippen LogP contribution in [0.5, 0.6) is 5.75 Å².